The zero-order valence-electron chi connectivity index (χ0n) is 15.7. The molecule has 1 saturated heterocycles. The van der Waals surface area contributed by atoms with E-state index < -0.39 is 6.09 Å². The monoisotopic (exact) mass is 375 g/mol. The maximum absolute atomic E-state index is 11.4. The predicted molar refractivity (Wildman–Crippen MR) is 106 cm³/mol. The van der Waals surface area contributed by atoms with Crippen LogP contribution in [0.2, 0.25) is 5.02 Å². The molecule has 4 nitrogen and oxygen atoms in total. The maximum atomic E-state index is 11.4. The van der Waals surface area contributed by atoms with Gasteiger partial charge in [-0.05, 0) is 24.3 Å². The molecule has 1 amide bonds. The highest BCUT2D eigenvalue weighted by Gasteiger charge is 2.41. The topological polar surface area (TPSA) is 49.8 Å². The van der Waals surface area contributed by atoms with Crippen LogP contribution in [0.5, 0.6) is 11.5 Å². The van der Waals surface area contributed by atoms with E-state index >= 15 is 0 Å². The van der Waals surface area contributed by atoms with Crippen molar-refractivity contribution in [1.82, 2.24) is 4.90 Å². The van der Waals surface area contributed by atoms with Crippen LogP contribution in [0.3, 0.4) is 0 Å². The van der Waals surface area contributed by atoms with Crippen molar-refractivity contribution in [3.05, 3.63) is 58.6 Å². The second-order valence-electron chi connectivity index (χ2n) is 5.72. The normalized spacial score (nSPS) is 19.2. The van der Waals surface area contributed by atoms with Crippen LogP contribution in [0.25, 0.3) is 0 Å². The molecule has 1 unspecified atom stereocenters. The Morgan fingerprint density at radius 1 is 1.00 bits per heavy atom. The summed E-state index contributed by atoms with van der Waals surface area (Å²) in [6, 6.07) is 13.4. The molecule has 0 bridgehead atoms. The van der Waals surface area contributed by atoms with Gasteiger partial charge >= 0.3 is 6.09 Å². The van der Waals surface area contributed by atoms with Crippen molar-refractivity contribution in [1.29, 1.82) is 0 Å². The Morgan fingerprint density at radius 2 is 1.58 bits per heavy atom. The average Bonchev–Trinajstić information content (AvgIpc) is 3.07. The van der Waals surface area contributed by atoms with Crippen molar-refractivity contribution in [3.63, 3.8) is 0 Å². The lowest BCUT2D eigenvalue weighted by molar-refractivity contribution is 0.154. The summed E-state index contributed by atoms with van der Waals surface area (Å²) in [4.78, 5) is 12.9. The van der Waals surface area contributed by atoms with Crippen molar-refractivity contribution in [3.8, 4) is 11.5 Å². The Bertz CT molecular complexity index is 763. The molecule has 0 aromatic heterocycles. The molecule has 2 aromatic carbocycles. The Kier molecular flexibility index (Phi) is 6.92. The highest BCUT2D eigenvalue weighted by atomic mass is 35.5. The molecule has 2 heterocycles. The SMILES string of the molecule is CC.CC.O=C(O)N1CC2c3cc(Cl)ccc3Oc3ccccc3[C@H]2C1. The van der Waals surface area contributed by atoms with E-state index in [1.54, 1.807) is 6.07 Å². The van der Waals surface area contributed by atoms with Gasteiger partial charge in [-0.15, -0.1) is 0 Å². The number of nitrogens with zero attached hydrogens (tertiary/aromatic N) is 1. The fourth-order valence-electron chi connectivity index (χ4n) is 3.49. The van der Waals surface area contributed by atoms with Gasteiger partial charge in [0.1, 0.15) is 11.5 Å². The fourth-order valence-corrected chi connectivity index (χ4v) is 3.67. The number of halogens is 1. The highest BCUT2D eigenvalue weighted by Crippen LogP contribution is 2.50. The lowest BCUT2D eigenvalue weighted by Gasteiger charge is -2.16. The van der Waals surface area contributed by atoms with Crippen molar-refractivity contribution in [2.24, 2.45) is 0 Å². The summed E-state index contributed by atoms with van der Waals surface area (Å²) in [6.45, 7) is 8.94. The van der Waals surface area contributed by atoms with E-state index in [-0.39, 0.29) is 11.8 Å². The van der Waals surface area contributed by atoms with Crippen LogP contribution in [0.1, 0.15) is 50.7 Å². The molecule has 0 spiro atoms. The molecule has 140 valence electrons. The Hall–Kier alpha value is -2.20. The number of hydrogen-bond donors (Lipinski definition) is 1. The number of para-hydroxylation sites is 1. The number of likely N-dealkylation sites (tertiary alicyclic amines) is 1. The third-order valence-electron chi connectivity index (χ3n) is 4.50. The lowest BCUT2D eigenvalue weighted by Crippen LogP contribution is -2.26. The van der Waals surface area contributed by atoms with E-state index in [0.29, 0.717) is 18.1 Å². The highest BCUT2D eigenvalue weighted by molar-refractivity contribution is 6.30. The van der Waals surface area contributed by atoms with Gasteiger partial charge in [-0.3, -0.25) is 0 Å². The number of carboxylic acid groups (broad SMARTS) is 1. The molecule has 0 radical (unpaired) electrons. The van der Waals surface area contributed by atoms with Gasteiger partial charge in [0.2, 0.25) is 0 Å². The second-order valence-corrected chi connectivity index (χ2v) is 6.16. The Balaban J connectivity index is 0.000000570. The van der Waals surface area contributed by atoms with E-state index in [4.69, 9.17) is 16.3 Å². The van der Waals surface area contributed by atoms with Crippen molar-refractivity contribution < 1.29 is 14.6 Å². The van der Waals surface area contributed by atoms with Crippen LogP contribution >= 0.6 is 11.6 Å². The van der Waals surface area contributed by atoms with Gasteiger partial charge in [0.05, 0.1) is 0 Å². The molecule has 1 N–H and O–H groups in total. The first-order chi connectivity index (χ1) is 12.6. The van der Waals surface area contributed by atoms with Gasteiger partial charge in [-0.25, -0.2) is 4.79 Å². The van der Waals surface area contributed by atoms with Crippen LogP contribution < -0.4 is 4.74 Å². The summed E-state index contributed by atoms with van der Waals surface area (Å²) in [7, 11) is 0. The van der Waals surface area contributed by atoms with Crippen molar-refractivity contribution >= 4 is 17.7 Å². The predicted octanol–water partition coefficient (Wildman–Crippen LogP) is 6.36. The maximum Gasteiger partial charge on any atom is 0.407 e. The van der Waals surface area contributed by atoms with Crippen LogP contribution in [0, 0.1) is 0 Å². The van der Waals surface area contributed by atoms with Crippen LogP contribution in [0.15, 0.2) is 42.5 Å². The molecule has 4 rings (SSSR count). The molecule has 2 aromatic rings. The van der Waals surface area contributed by atoms with Crippen LogP contribution in [0.4, 0.5) is 4.79 Å². The summed E-state index contributed by atoms with van der Waals surface area (Å²) in [5, 5.41) is 9.99. The fraction of sp³-hybridized carbons (Fsp3) is 0.381. The lowest BCUT2D eigenvalue weighted by atomic mass is 9.84. The van der Waals surface area contributed by atoms with Gasteiger partial charge in [-0.1, -0.05) is 57.5 Å². The van der Waals surface area contributed by atoms with Gasteiger partial charge in [0, 0.05) is 41.1 Å². The Morgan fingerprint density at radius 3 is 2.23 bits per heavy atom. The van der Waals surface area contributed by atoms with E-state index in [2.05, 4.69) is 0 Å². The summed E-state index contributed by atoms with van der Waals surface area (Å²) in [5.41, 5.74) is 2.04. The largest absolute Gasteiger partial charge is 0.465 e. The molecule has 2 aliphatic rings. The minimum absolute atomic E-state index is 0.0634. The first-order valence-electron chi connectivity index (χ1n) is 9.17. The minimum Gasteiger partial charge on any atom is -0.465 e. The number of hydrogen-bond acceptors (Lipinski definition) is 2. The summed E-state index contributed by atoms with van der Waals surface area (Å²) in [5.74, 6) is 1.71. The number of fused-ring (bicyclic) bond motifs is 5. The third-order valence-corrected chi connectivity index (χ3v) is 4.74. The molecule has 26 heavy (non-hydrogen) atoms. The number of ether oxygens (including phenoxy) is 1. The zero-order chi connectivity index (χ0) is 19.3. The summed E-state index contributed by atoms with van der Waals surface area (Å²) >= 11 is 6.15. The molecule has 1 fully saturated rings. The molecule has 0 saturated carbocycles. The van der Waals surface area contributed by atoms with Crippen molar-refractivity contribution in [2.45, 2.75) is 39.5 Å². The number of rotatable bonds is 0. The first kappa shape index (κ1) is 20.1. The number of benzene rings is 2. The molecular weight excluding hydrogens is 350 g/mol. The second kappa shape index (κ2) is 8.95. The molecule has 5 heteroatoms. The van der Waals surface area contributed by atoms with E-state index in [9.17, 15) is 9.90 Å². The number of carbonyl (C=O) groups is 1. The summed E-state index contributed by atoms with van der Waals surface area (Å²) in [6.07, 6.45) is -0.880. The van der Waals surface area contributed by atoms with Gasteiger partial charge in [0.15, 0.2) is 0 Å². The molecular formula is C21H26ClNO3. The zero-order valence-corrected chi connectivity index (χ0v) is 16.5. The van der Waals surface area contributed by atoms with Crippen LogP contribution in [-0.4, -0.2) is 29.2 Å². The quantitative estimate of drug-likeness (QED) is 0.582. The number of amides is 1. The molecule has 2 aliphatic heterocycles. The summed E-state index contributed by atoms with van der Waals surface area (Å²) < 4.78 is 6.06. The van der Waals surface area contributed by atoms with E-state index in [1.165, 1.54) is 4.90 Å². The van der Waals surface area contributed by atoms with Crippen molar-refractivity contribution in [2.75, 3.05) is 13.1 Å². The molecule has 2 atom stereocenters. The van der Waals surface area contributed by atoms with Gasteiger partial charge < -0.3 is 14.7 Å². The molecule has 0 aliphatic carbocycles. The standard InChI is InChI=1S/C17H14ClNO3.2C2H6/c18-10-5-6-16-12(7-10)14-9-19(17(20)21)8-13(14)11-3-1-2-4-15(11)22-16;2*1-2/h1-7,13-14H,8-9H2,(H,20,21);2*1-2H3/t13-,14?;;/m1../s1. The Labute approximate surface area is 160 Å². The third kappa shape index (κ3) is 3.80. The smallest absolute Gasteiger partial charge is 0.407 e. The first-order valence-corrected chi connectivity index (χ1v) is 9.55. The van der Waals surface area contributed by atoms with Gasteiger partial charge in [0.25, 0.3) is 0 Å². The van der Waals surface area contributed by atoms with Gasteiger partial charge in [-0.2, -0.15) is 0 Å². The average molecular weight is 376 g/mol. The van der Waals surface area contributed by atoms with Crippen LogP contribution in [-0.2, 0) is 0 Å². The van der Waals surface area contributed by atoms with E-state index in [0.717, 1.165) is 22.6 Å². The van der Waals surface area contributed by atoms with E-state index in [1.807, 2.05) is 64.1 Å². The minimum atomic E-state index is -0.880.